The lowest BCUT2D eigenvalue weighted by Crippen LogP contribution is -2.12. The van der Waals surface area contributed by atoms with Crippen LogP contribution in [0.2, 0.25) is 5.02 Å². The molecule has 0 saturated carbocycles. The van der Waals surface area contributed by atoms with E-state index in [4.69, 9.17) is 16.3 Å². The van der Waals surface area contributed by atoms with Crippen LogP contribution in [0.4, 0.5) is 5.69 Å². The molecule has 0 saturated heterocycles. The zero-order chi connectivity index (χ0) is 17.7. The van der Waals surface area contributed by atoms with E-state index in [1.165, 1.54) is 5.56 Å². The molecule has 0 spiro atoms. The second-order valence-electron chi connectivity index (χ2n) is 5.81. The predicted molar refractivity (Wildman–Crippen MR) is 103 cm³/mol. The lowest BCUT2D eigenvalue weighted by atomic mass is 10.1. The van der Waals surface area contributed by atoms with Gasteiger partial charge < -0.3 is 10.1 Å². The Kier molecular flexibility index (Phi) is 6.69. The number of benzene rings is 2. The molecule has 0 aliphatic carbocycles. The summed E-state index contributed by atoms with van der Waals surface area (Å²) in [6, 6.07) is 9.66. The minimum atomic E-state index is -0.00927. The van der Waals surface area contributed by atoms with Gasteiger partial charge in [0.05, 0.1) is 11.1 Å². The van der Waals surface area contributed by atoms with Gasteiger partial charge in [-0.15, -0.1) is 0 Å². The quantitative estimate of drug-likeness (QED) is 0.609. The molecule has 2 aromatic carbocycles. The van der Waals surface area contributed by atoms with Gasteiger partial charge in [0.15, 0.2) is 0 Å². The van der Waals surface area contributed by atoms with E-state index in [9.17, 15) is 4.79 Å². The van der Waals surface area contributed by atoms with Crippen molar-refractivity contribution in [3.63, 3.8) is 0 Å². The van der Waals surface area contributed by atoms with Crippen molar-refractivity contribution in [2.24, 2.45) is 0 Å². The molecule has 3 nitrogen and oxygen atoms in total. The van der Waals surface area contributed by atoms with E-state index in [1.807, 2.05) is 51.1 Å². The number of ether oxygens (including phenoxy) is 1. The molecule has 24 heavy (non-hydrogen) atoms. The Morgan fingerprint density at radius 3 is 2.54 bits per heavy atom. The first-order chi connectivity index (χ1) is 11.4. The summed E-state index contributed by atoms with van der Waals surface area (Å²) in [6.07, 6.45) is 1.06. The smallest absolute Gasteiger partial charge is 0.224 e. The van der Waals surface area contributed by atoms with Crippen molar-refractivity contribution < 1.29 is 9.53 Å². The van der Waals surface area contributed by atoms with Gasteiger partial charge in [-0.05, 0) is 72.4 Å². The van der Waals surface area contributed by atoms with Crippen LogP contribution in [-0.4, -0.2) is 12.5 Å². The van der Waals surface area contributed by atoms with Crippen LogP contribution in [0.15, 0.2) is 34.8 Å². The van der Waals surface area contributed by atoms with Crippen molar-refractivity contribution in [1.82, 2.24) is 0 Å². The zero-order valence-corrected chi connectivity index (χ0v) is 16.4. The fourth-order valence-electron chi connectivity index (χ4n) is 2.28. The van der Waals surface area contributed by atoms with Crippen molar-refractivity contribution in [2.45, 2.75) is 33.6 Å². The Morgan fingerprint density at radius 1 is 1.21 bits per heavy atom. The first-order valence-corrected chi connectivity index (χ1v) is 9.00. The van der Waals surface area contributed by atoms with Gasteiger partial charge in [-0.25, -0.2) is 0 Å². The molecule has 1 amide bonds. The highest BCUT2D eigenvalue weighted by Gasteiger charge is 2.11. The second-order valence-corrected chi connectivity index (χ2v) is 6.98. The number of carbonyl (C=O) groups is 1. The molecule has 2 rings (SSSR count). The van der Waals surface area contributed by atoms with Gasteiger partial charge in [0.2, 0.25) is 5.91 Å². The number of amides is 1. The largest absolute Gasteiger partial charge is 0.492 e. The third-order valence-corrected chi connectivity index (χ3v) is 5.28. The Hall–Kier alpha value is -1.52. The van der Waals surface area contributed by atoms with Crippen LogP contribution >= 0.6 is 27.5 Å². The highest BCUT2D eigenvalue weighted by molar-refractivity contribution is 9.10. The fraction of sp³-hybridized carbons (Fsp3) is 0.316. The number of halogens is 2. The Morgan fingerprint density at radius 2 is 1.88 bits per heavy atom. The number of anilines is 1. The summed E-state index contributed by atoms with van der Waals surface area (Å²) in [6.45, 7) is 6.38. The first-order valence-electron chi connectivity index (χ1n) is 7.83. The monoisotopic (exact) mass is 409 g/mol. The molecule has 2 aromatic rings. The average molecular weight is 411 g/mol. The second kappa shape index (κ2) is 8.54. The number of hydrogen-bond donors (Lipinski definition) is 1. The van der Waals surface area contributed by atoms with Gasteiger partial charge >= 0.3 is 0 Å². The van der Waals surface area contributed by atoms with E-state index >= 15 is 0 Å². The summed E-state index contributed by atoms with van der Waals surface area (Å²) < 4.78 is 6.65. The molecule has 0 fully saturated rings. The molecular formula is C19H21BrClNO2. The van der Waals surface area contributed by atoms with Crippen LogP contribution in [0, 0.1) is 20.8 Å². The highest BCUT2D eigenvalue weighted by Crippen LogP contribution is 2.35. The number of carbonyl (C=O) groups excluding carboxylic acids is 1. The Bertz CT molecular complexity index is 729. The molecule has 0 radical (unpaired) electrons. The van der Waals surface area contributed by atoms with E-state index in [1.54, 1.807) is 0 Å². The Balaban J connectivity index is 1.81. The average Bonchev–Trinajstić information content (AvgIpc) is 2.56. The lowest BCUT2D eigenvalue weighted by molar-refractivity contribution is -0.116. The van der Waals surface area contributed by atoms with Crippen molar-refractivity contribution in [3.05, 3.63) is 56.5 Å². The van der Waals surface area contributed by atoms with E-state index in [0.29, 0.717) is 19.4 Å². The summed E-state index contributed by atoms with van der Waals surface area (Å²) in [4.78, 5) is 11.9. The van der Waals surface area contributed by atoms with Gasteiger partial charge in [-0.1, -0.05) is 29.3 Å². The van der Waals surface area contributed by atoms with Crippen LogP contribution < -0.4 is 10.1 Å². The molecule has 0 aliphatic heterocycles. The van der Waals surface area contributed by atoms with Crippen LogP contribution in [0.3, 0.4) is 0 Å². The topological polar surface area (TPSA) is 38.3 Å². The number of hydrogen-bond acceptors (Lipinski definition) is 2. The normalized spacial score (nSPS) is 10.5. The SMILES string of the molecule is Cc1ccc(NC(=O)CCCOc2cc(C)c(Cl)c(C)c2Br)cc1. The van der Waals surface area contributed by atoms with Crippen molar-refractivity contribution in [2.75, 3.05) is 11.9 Å². The molecule has 0 unspecified atom stereocenters. The van der Waals surface area contributed by atoms with Crippen LogP contribution in [-0.2, 0) is 4.79 Å². The van der Waals surface area contributed by atoms with Crippen molar-refractivity contribution >= 4 is 39.1 Å². The third kappa shape index (κ3) is 4.99. The van der Waals surface area contributed by atoms with Crippen molar-refractivity contribution in [1.29, 1.82) is 0 Å². The summed E-state index contributed by atoms with van der Waals surface area (Å²) >= 11 is 9.71. The van der Waals surface area contributed by atoms with Gasteiger partial charge in [0, 0.05) is 17.1 Å². The molecular weight excluding hydrogens is 390 g/mol. The van der Waals surface area contributed by atoms with Crippen LogP contribution in [0.5, 0.6) is 5.75 Å². The number of nitrogens with one attached hydrogen (secondary N) is 1. The molecule has 0 heterocycles. The summed E-state index contributed by atoms with van der Waals surface area (Å²) in [5.74, 6) is 0.748. The maximum Gasteiger partial charge on any atom is 0.224 e. The number of aryl methyl sites for hydroxylation is 2. The first kappa shape index (κ1) is 18.8. The summed E-state index contributed by atoms with van der Waals surface area (Å²) in [7, 11) is 0. The van der Waals surface area contributed by atoms with E-state index in [0.717, 1.165) is 32.1 Å². The van der Waals surface area contributed by atoms with Gasteiger partial charge in [-0.3, -0.25) is 4.79 Å². The molecule has 128 valence electrons. The predicted octanol–water partition coefficient (Wildman–Crippen LogP) is 5.83. The summed E-state index contributed by atoms with van der Waals surface area (Å²) in [5, 5.41) is 3.63. The highest BCUT2D eigenvalue weighted by atomic mass is 79.9. The lowest BCUT2D eigenvalue weighted by Gasteiger charge is -2.13. The minimum absolute atomic E-state index is 0.00927. The minimum Gasteiger partial charge on any atom is -0.492 e. The fourth-order valence-corrected chi connectivity index (χ4v) is 2.97. The molecule has 0 aliphatic rings. The zero-order valence-electron chi connectivity index (χ0n) is 14.1. The molecule has 5 heteroatoms. The summed E-state index contributed by atoms with van der Waals surface area (Å²) in [5.41, 5.74) is 3.92. The molecule has 0 aromatic heterocycles. The van der Waals surface area contributed by atoms with E-state index < -0.39 is 0 Å². The maximum absolute atomic E-state index is 11.9. The third-order valence-electron chi connectivity index (χ3n) is 3.71. The van der Waals surface area contributed by atoms with Crippen molar-refractivity contribution in [3.8, 4) is 5.75 Å². The maximum atomic E-state index is 11.9. The Labute approximate surface area is 156 Å². The van der Waals surface area contributed by atoms with Crippen LogP contribution in [0.1, 0.15) is 29.5 Å². The van der Waals surface area contributed by atoms with Crippen LogP contribution in [0.25, 0.3) is 0 Å². The standard InChI is InChI=1S/C19H21BrClNO2/c1-12-6-8-15(9-7-12)22-17(23)5-4-10-24-16-11-13(2)19(21)14(3)18(16)20/h6-9,11H,4-5,10H2,1-3H3,(H,22,23). The van der Waals surface area contributed by atoms with Gasteiger partial charge in [-0.2, -0.15) is 0 Å². The number of rotatable bonds is 6. The van der Waals surface area contributed by atoms with Gasteiger partial charge in [0.25, 0.3) is 0 Å². The van der Waals surface area contributed by atoms with E-state index in [2.05, 4.69) is 21.2 Å². The molecule has 0 atom stereocenters. The van der Waals surface area contributed by atoms with Gasteiger partial charge in [0.1, 0.15) is 5.75 Å². The van der Waals surface area contributed by atoms with E-state index in [-0.39, 0.29) is 5.91 Å². The molecule has 0 bridgehead atoms. The molecule has 1 N–H and O–H groups in total.